The Labute approximate surface area is 133 Å². The van der Waals surface area contributed by atoms with E-state index < -0.39 is 21.5 Å². The number of halogens is 3. The van der Waals surface area contributed by atoms with Crippen LogP contribution >= 0.6 is 24.0 Å². The number of nitrogens with two attached hydrogens (primary N) is 1. The summed E-state index contributed by atoms with van der Waals surface area (Å²) in [5, 5.41) is 2.37. The second kappa shape index (κ2) is 8.35. The molecule has 1 aromatic carbocycles. The molecular weight excluding hydrogens is 403 g/mol. The summed E-state index contributed by atoms with van der Waals surface area (Å²) in [5.41, 5.74) is 5.30. The Morgan fingerprint density at radius 2 is 2.05 bits per heavy atom. The van der Waals surface area contributed by atoms with E-state index in [4.69, 9.17) is 5.73 Å². The molecule has 0 saturated heterocycles. The van der Waals surface area contributed by atoms with Crippen LogP contribution in [-0.2, 0) is 9.84 Å². The maximum atomic E-state index is 13.3. The number of anilines is 1. The standard InChI is InChI=1S/C11H15F2N3O2S.HI/c1-2-19(17,18)6-5-15-11(14)16-10-7-8(12)3-4-9(10)13;/h3-4,7H,2,5-6H2,1H3,(H3,14,15,16);1H. The molecule has 0 spiro atoms. The van der Waals surface area contributed by atoms with E-state index in [1.807, 2.05) is 0 Å². The highest BCUT2D eigenvalue weighted by Gasteiger charge is 2.07. The Balaban J connectivity index is 0.00000361. The van der Waals surface area contributed by atoms with Crippen LogP contribution in [0.5, 0.6) is 0 Å². The van der Waals surface area contributed by atoms with Crippen molar-refractivity contribution in [1.82, 2.24) is 0 Å². The van der Waals surface area contributed by atoms with Crippen molar-refractivity contribution in [2.24, 2.45) is 10.7 Å². The topological polar surface area (TPSA) is 84.5 Å². The summed E-state index contributed by atoms with van der Waals surface area (Å²) in [6.07, 6.45) is 0. The molecule has 0 radical (unpaired) electrons. The number of hydrogen-bond acceptors (Lipinski definition) is 3. The summed E-state index contributed by atoms with van der Waals surface area (Å²) in [7, 11) is -3.13. The van der Waals surface area contributed by atoms with Gasteiger partial charge in [0.25, 0.3) is 0 Å². The van der Waals surface area contributed by atoms with E-state index in [0.717, 1.165) is 18.2 Å². The molecule has 0 atom stereocenters. The monoisotopic (exact) mass is 419 g/mol. The van der Waals surface area contributed by atoms with Gasteiger partial charge in [0.2, 0.25) is 0 Å². The second-order valence-corrected chi connectivity index (χ2v) is 6.23. The van der Waals surface area contributed by atoms with Crippen molar-refractivity contribution in [3.05, 3.63) is 29.8 Å². The first-order valence-electron chi connectivity index (χ1n) is 5.56. The van der Waals surface area contributed by atoms with E-state index in [9.17, 15) is 17.2 Å². The van der Waals surface area contributed by atoms with Crippen molar-refractivity contribution < 1.29 is 17.2 Å². The molecule has 0 aliphatic rings. The molecule has 0 aliphatic heterocycles. The van der Waals surface area contributed by atoms with Gasteiger partial charge in [-0.25, -0.2) is 17.2 Å². The molecule has 0 bridgehead atoms. The quantitative estimate of drug-likeness (QED) is 0.433. The number of nitrogens with zero attached hydrogens (tertiary/aromatic N) is 1. The van der Waals surface area contributed by atoms with Crippen LogP contribution in [0.15, 0.2) is 23.2 Å². The third-order valence-corrected chi connectivity index (χ3v) is 4.00. The van der Waals surface area contributed by atoms with Crippen LogP contribution in [0.1, 0.15) is 6.92 Å². The average molecular weight is 419 g/mol. The Morgan fingerprint density at radius 3 is 2.65 bits per heavy atom. The Morgan fingerprint density at radius 1 is 1.40 bits per heavy atom. The van der Waals surface area contributed by atoms with Gasteiger partial charge in [0, 0.05) is 11.8 Å². The molecule has 0 unspecified atom stereocenters. The molecule has 3 N–H and O–H groups in total. The minimum absolute atomic E-state index is 0. The van der Waals surface area contributed by atoms with E-state index in [1.165, 1.54) is 6.92 Å². The number of nitrogens with one attached hydrogen (secondary N) is 1. The highest BCUT2D eigenvalue weighted by atomic mass is 127. The van der Waals surface area contributed by atoms with Gasteiger partial charge in [-0.3, -0.25) is 4.99 Å². The number of rotatable bonds is 5. The van der Waals surface area contributed by atoms with Crippen LogP contribution in [0.25, 0.3) is 0 Å². The third-order valence-electron chi connectivity index (χ3n) is 2.32. The fraction of sp³-hybridized carbons (Fsp3) is 0.364. The summed E-state index contributed by atoms with van der Waals surface area (Å²) in [6.45, 7) is 1.49. The molecule has 0 aromatic heterocycles. The highest BCUT2D eigenvalue weighted by molar-refractivity contribution is 14.0. The van der Waals surface area contributed by atoms with Crippen molar-refractivity contribution in [1.29, 1.82) is 0 Å². The van der Waals surface area contributed by atoms with Crippen molar-refractivity contribution in [3.63, 3.8) is 0 Å². The van der Waals surface area contributed by atoms with Crippen LogP contribution in [0.3, 0.4) is 0 Å². The van der Waals surface area contributed by atoms with Gasteiger partial charge in [-0.05, 0) is 12.1 Å². The van der Waals surface area contributed by atoms with E-state index in [0.29, 0.717) is 0 Å². The fourth-order valence-electron chi connectivity index (χ4n) is 1.22. The molecule has 5 nitrogen and oxygen atoms in total. The van der Waals surface area contributed by atoms with Crippen molar-refractivity contribution in [2.75, 3.05) is 23.4 Å². The lowest BCUT2D eigenvalue weighted by molar-refractivity contribution is 0.597. The zero-order valence-corrected chi connectivity index (χ0v) is 13.9. The summed E-state index contributed by atoms with van der Waals surface area (Å²) < 4.78 is 48.5. The lowest BCUT2D eigenvalue weighted by Gasteiger charge is -2.06. The van der Waals surface area contributed by atoms with Gasteiger partial charge in [-0.2, -0.15) is 0 Å². The number of sulfone groups is 1. The lowest BCUT2D eigenvalue weighted by Crippen LogP contribution is -2.24. The summed E-state index contributed by atoms with van der Waals surface area (Å²) >= 11 is 0. The van der Waals surface area contributed by atoms with Crippen LogP contribution in [0.2, 0.25) is 0 Å². The predicted octanol–water partition coefficient (Wildman–Crippen LogP) is 1.74. The highest BCUT2D eigenvalue weighted by Crippen LogP contribution is 2.14. The van der Waals surface area contributed by atoms with Crippen LogP contribution in [0.4, 0.5) is 14.5 Å². The largest absolute Gasteiger partial charge is 0.370 e. The van der Waals surface area contributed by atoms with Crippen LogP contribution in [0, 0.1) is 11.6 Å². The zero-order chi connectivity index (χ0) is 14.5. The minimum Gasteiger partial charge on any atom is -0.370 e. The molecule has 0 saturated carbocycles. The van der Waals surface area contributed by atoms with Gasteiger partial charge in [0.15, 0.2) is 15.8 Å². The van der Waals surface area contributed by atoms with Gasteiger partial charge in [0.05, 0.1) is 18.0 Å². The molecule has 9 heteroatoms. The Hall–Kier alpha value is -0.970. The fourth-order valence-corrected chi connectivity index (χ4v) is 1.88. The molecule has 20 heavy (non-hydrogen) atoms. The molecular formula is C11H16F2IN3O2S. The molecule has 114 valence electrons. The maximum Gasteiger partial charge on any atom is 0.193 e. The van der Waals surface area contributed by atoms with Crippen LogP contribution in [-0.4, -0.2) is 32.4 Å². The van der Waals surface area contributed by atoms with E-state index >= 15 is 0 Å². The van der Waals surface area contributed by atoms with Gasteiger partial charge in [-0.1, -0.05) is 6.92 Å². The third kappa shape index (κ3) is 6.46. The molecule has 0 fully saturated rings. The smallest absolute Gasteiger partial charge is 0.193 e. The van der Waals surface area contributed by atoms with E-state index in [1.54, 1.807) is 0 Å². The predicted molar refractivity (Wildman–Crippen MR) is 86.2 cm³/mol. The SMILES string of the molecule is CCS(=O)(=O)CCN=C(N)Nc1cc(F)ccc1F.I. The van der Waals surface area contributed by atoms with Crippen molar-refractivity contribution >= 4 is 45.5 Å². The molecule has 1 aromatic rings. The van der Waals surface area contributed by atoms with Gasteiger partial charge >= 0.3 is 0 Å². The number of benzene rings is 1. The number of guanidine groups is 1. The average Bonchev–Trinajstić information content (AvgIpc) is 2.33. The first kappa shape index (κ1) is 19.0. The zero-order valence-electron chi connectivity index (χ0n) is 10.8. The second-order valence-electron chi connectivity index (χ2n) is 3.75. The Kier molecular flexibility index (Phi) is 7.94. The van der Waals surface area contributed by atoms with Gasteiger partial charge in [-0.15, -0.1) is 24.0 Å². The van der Waals surface area contributed by atoms with Crippen LogP contribution < -0.4 is 11.1 Å². The molecule has 1 rings (SSSR count). The summed E-state index contributed by atoms with van der Waals surface area (Å²) in [5.74, 6) is -1.59. The first-order valence-corrected chi connectivity index (χ1v) is 7.38. The maximum absolute atomic E-state index is 13.3. The summed E-state index contributed by atoms with van der Waals surface area (Å²) in [4.78, 5) is 3.74. The molecule has 0 aliphatic carbocycles. The van der Waals surface area contributed by atoms with Crippen molar-refractivity contribution in [3.8, 4) is 0 Å². The molecule has 0 heterocycles. The first-order chi connectivity index (χ1) is 8.84. The van der Waals surface area contributed by atoms with Gasteiger partial charge in [0.1, 0.15) is 11.6 Å². The lowest BCUT2D eigenvalue weighted by atomic mass is 10.3. The number of hydrogen-bond donors (Lipinski definition) is 2. The minimum atomic E-state index is -3.13. The summed E-state index contributed by atoms with van der Waals surface area (Å²) in [6, 6.07) is 2.86. The van der Waals surface area contributed by atoms with E-state index in [2.05, 4.69) is 10.3 Å². The van der Waals surface area contributed by atoms with Gasteiger partial charge < -0.3 is 11.1 Å². The normalized spacial score (nSPS) is 11.8. The van der Waals surface area contributed by atoms with E-state index in [-0.39, 0.29) is 53.7 Å². The molecule has 0 amide bonds. The number of aliphatic imine (C=N–C) groups is 1. The van der Waals surface area contributed by atoms with Crippen molar-refractivity contribution in [2.45, 2.75) is 6.92 Å². The Bertz CT molecular complexity index is 579.